The molecule has 2 aromatic carbocycles. The number of carbonyl (C=O) groups excluding carboxylic acids is 1. The van der Waals surface area contributed by atoms with Crippen LogP contribution in [0.1, 0.15) is 66.7 Å². The second-order valence-corrected chi connectivity index (χ2v) is 8.51. The minimum absolute atomic E-state index is 0.125. The van der Waals surface area contributed by atoms with Crippen LogP contribution >= 0.6 is 0 Å². The standard InChI is InChI=1S/C24H25N3O3.CH2O3/c28-21(17-11-13-20(14-12-17)29-19-9-5-2-6-10-19)25-23-26-22(27-30-23)24(15-16-24)18-7-3-1-4-8-18;2-1(3)4/h1,3-4,7-8,11-14,19H,2,5-6,9-10,15-16H2,(H,25,26,27,28);(H2,2,3,4). The van der Waals surface area contributed by atoms with E-state index in [0.29, 0.717) is 11.4 Å². The van der Waals surface area contributed by atoms with Crippen LogP contribution in [0.4, 0.5) is 10.8 Å². The first-order valence-corrected chi connectivity index (χ1v) is 11.4. The molecule has 2 fully saturated rings. The summed E-state index contributed by atoms with van der Waals surface area (Å²) in [7, 11) is 0. The Hall–Kier alpha value is -3.88. The average molecular weight is 466 g/mol. The molecule has 3 N–H and O–H groups in total. The molecule has 2 aliphatic rings. The molecular weight excluding hydrogens is 438 g/mol. The number of ether oxygens (including phenoxy) is 1. The number of amides is 1. The summed E-state index contributed by atoms with van der Waals surface area (Å²) in [6.07, 6.45) is 6.36. The number of hydrogen-bond donors (Lipinski definition) is 3. The number of carbonyl (C=O) groups is 2. The first-order valence-electron chi connectivity index (χ1n) is 11.4. The molecule has 9 heteroatoms. The Morgan fingerprint density at radius 1 is 0.971 bits per heavy atom. The van der Waals surface area contributed by atoms with Crippen molar-refractivity contribution in [2.75, 3.05) is 5.32 Å². The fourth-order valence-corrected chi connectivity index (χ4v) is 4.22. The zero-order chi connectivity index (χ0) is 24.0. The topological polar surface area (TPSA) is 135 Å². The van der Waals surface area contributed by atoms with Crippen molar-refractivity contribution >= 4 is 18.1 Å². The Morgan fingerprint density at radius 3 is 2.24 bits per heavy atom. The molecule has 5 rings (SSSR count). The smallest absolute Gasteiger partial charge is 0.490 e. The highest BCUT2D eigenvalue weighted by Crippen LogP contribution is 2.52. The van der Waals surface area contributed by atoms with E-state index < -0.39 is 6.16 Å². The van der Waals surface area contributed by atoms with Crippen LogP contribution in [0.3, 0.4) is 0 Å². The molecule has 0 unspecified atom stereocenters. The molecule has 0 atom stereocenters. The fraction of sp³-hybridized carbons (Fsp3) is 0.360. The van der Waals surface area contributed by atoms with Gasteiger partial charge in [-0.1, -0.05) is 41.9 Å². The maximum absolute atomic E-state index is 12.6. The van der Waals surface area contributed by atoms with Crippen molar-refractivity contribution < 1.29 is 29.1 Å². The lowest BCUT2D eigenvalue weighted by molar-refractivity contribution is 0.102. The zero-order valence-electron chi connectivity index (χ0n) is 18.6. The van der Waals surface area contributed by atoms with Gasteiger partial charge >= 0.3 is 12.2 Å². The van der Waals surface area contributed by atoms with Crippen molar-refractivity contribution in [2.45, 2.75) is 56.5 Å². The zero-order valence-corrected chi connectivity index (χ0v) is 18.6. The third-order valence-electron chi connectivity index (χ3n) is 6.12. The van der Waals surface area contributed by atoms with Gasteiger partial charge in [0.2, 0.25) is 0 Å². The van der Waals surface area contributed by atoms with Crippen LogP contribution in [-0.4, -0.2) is 38.5 Å². The third kappa shape index (κ3) is 5.72. The fourth-order valence-electron chi connectivity index (χ4n) is 4.22. The highest BCUT2D eigenvalue weighted by molar-refractivity contribution is 6.03. The van der Waals surface area contributed by atoms with Crippen LogP contribution in [-0.2, 0) is 5.41 Å². The Bertz CT molecular complexity index is 1100. The van der Waals surface area contributed by atoms with Crippen LogP contribution in [0, 0.1) is 0 Å². The van der Waals surface area contributed by atoms with E-state index in [0.717, 1.165) is 31.4 Å². The highest BCUT2D eigenvalue weighted by atomic mass is 16.6. The lowest BCUT2D eigenvalue weighted by Crippen LogP contribution is -2.19. The Kier molecular flexibility index (Phi) is 7.10. The van der Waals surface area contributed by atoms with E-state index in [1.165, 1.54) is 24.8 Å². The molecular formula is C25H27N3O6. The van der Waals surface area contributed by atoms with E-state index >= 15 is 0 Å². The van der Waals surface area contributed by atoms with E-state index in [1.54, 1.807) is 12.1 Å². The second-order valence-electron chi connectivity index (χ2n) is 8.51. The SMILES string of the molecule is O=C(Nc1nc(C2(c3ccccc3)CC2)no1)c1ccc(OC2CCCCC2)cc1.O=C(O)O. The summed E-state index contributed by atoms with van der Waals surface area (Å²) in [6.45, 7) is 0. The van der Waals surface area contributed by atoms with E-state index in [1.807, 2.05) is 30.3 Å². The highest BCUT2D eigenvalue weighted by Gasteiger charge is 2.50. The van der Waals surface area contributed by atoms with Crippen LogP contribution in [0.5, 0.6) is 5.75 Å². The predicted molar refractivity (Wildman–Crippen MR) is 123 cm³/mol. The first kappa shape index (κ1) is 23.3. The molecule has 1 aromatic heterocycles. The lowest BCUT2D eigenvalue weighted by atomic mass is 9.95. The van der Waals surface area contributed by atoms with E-state index in [-0.39, 0.29) is 23.4 Å². The molecule has 34 heavy (non-hydrogen) atoms. The number of carboxylic acid groups (broad SMARTS) is 2. The van der Waals surface area contributed by atoms with Crippen molar-refractivity contribution in [1.82, 2.24) is 10.1 Å². The molecule has 0 spiro atoms. The Balaban J connectivity index is 0.000000636. The van der Waals surface area contributed by atoms with Crippen molar-refractivity contribution in [1.29, 1.82) is 0 Å². The van der Waals surface area contributed by atoms with E-state index in [4.69, 9.17) is 24.3 Å². The number of benzene rings is 2. The van der Waals surface area contributed by atoms with Crippen molar-refractivity contribution in [2.24, 2.45) is 0 Å². The largest absolute Gasteiger partial charge is 0.503 e. The quantitative estimate of drug-likeness (QED) is 0.444. The summed E-state index contributed by atoms with van der Waals surface area (Å²) < 4.78 is 11.3. The van der Waals surface area contributed by atoms with Crippen LogP contribution in [0.25, 0.3) is 0 Å². The van der Waals surface area contributed by atoms with Crippen LogP contribution in [0.15, 0.2) is 59.1 Å². The Morgan fingerprint density at radius 2 is 1.62 bits per heavy atom. The van der Waals surface area contributed by atoms with Gasteiger partial charge in [0.1, 0.15) is 5.75 Å². The second kappa shape index (κ2) is 10.4. The number of hydrogen-bond acceptors (Lipinski definition) is 6. The summed E-state index contributed by atoms with van der Waals surface area (Å²) in [5.74, 6) is 1.15. The monoisotopic (exact) mass is 465 g/mol. The predicted octanol–water partition coefficient (Wildman–Crippen LogP) is 5.34. The molecule has 2 aliphatic carbocycles. The number of nitrogens with one attached hydrogen (secondary N) is 1. The molecule has 0 saturated heterocycles. The minimum atomic E-state index is -1.83. The van der Waals surface area contributed by atoms with Gasteiger partial charge in [0.15, 0.2) is 5.82 Å². The summed E-state index contributed by atoms with van der Waals surface area (Å²) in [5, 5.41) is 20.8. The maximum Gasteiger partial charge on any atom is 0.503 e. The van der Waals surface area contributed by atoms with Gasteiger partial charge in [-0.2, -0.15) is 4.98 Å². The molecule has 3 aromatic rings. The first-order chi connectivity index (χ1) is 16.5. The van der Waals surface area contributed by atoms with E-state index in [2.05, 4.69) is 27.6 Å². The summed E-state index contributed by atoms with van der Waals surface area (Å²) in [5.41, 5.74) is 1.51. The molecule has 9 nitrogen and oxygen atoms in total. The summed E-state index contributed by atoms with van der Waals surface area (Å²) in [4.78, 5) is 25.6. The van der Waals surface area contributed by atoms with Crippen molar-refractivity contribution in [3.63, 3.8) is 0 Å². The van der Waals surface area contributed by atoms with Gasteiger partial charge in [0.05, 0.1) is 11.5 Å². The number of nitrogens with zero attached hydrogens (tertiary/aromatic N) is 2. The molecule has 2 saturated carbocycles. The molecule has 1 amide bonds. The Labute approximate surface area is 196 Å². The third-order valence-corrected chi connectivity index (χ3v) is 6.12. The number of rotatable bonds is 6. The molecule has 178 valence electrons. The van der Waals surface area contributed by atoms with Crippen molar-refractivity contribution in [3.05, 3.63) is 71.5 Å². The normalized spacial score (nSPS) is 16.6. The van der Waals surface area contributed by atoms with Gasteiger partial charge < -0.3 is 19.5 Å². The van der Waals surface area contributed by atoms with Gasteiger partial charge in [0, 0.05) is 5.56 Å². The van der Waals surface area contributed by atoms with Gasteiger partial charge in [-0.25, -0.2) is 4.79 Å². The van der Waals surface area contributed by atoms with Gasteiger partial charge in [-0.05, 0) is 68.4 Å². The number of anilines is 1. The minimum Gasteiger partial charge on any atom is -0.490 e. The van der Waals surface area contributed by atoms with Gasteiger partial charge in [0.25, 0.3) is 5.91 Å². The summed E-state index contributed by atoms with van der Waals surface area (Å²) >= 11 is 0. The van der Waals surface area contributed by atoms with Crippen molar-refractivity contribution in [3.8, 4) is 5.75 Å². The average Bonchev–Trinajstić information content (AvgIpc) is 3.53. The molecule has 0 bridgehead atoms. The number of aromatic nitrogens is 2. The van der Waals surface area contributed by atoms with Gasteiger partial charge in [-0.15, -0.1) is 0 Å². The van der Waals surface area contributed by atoms with Crippen LogP contribution < -0.4 is 10.1 Å². The molecule has 0 aliphatic heterocycles. The lowest BCUT2D eigenvalue weighted by Gasteiger charge is -2.23. The van der Waals surface area contributed by atoms with E-state index in [9.17, 15) is 4.79 Å². The molecule has 1 heterocycles. The summed E-state index contributed by atoms with van der Waals surface area (Å²) in [6, 6.07) is 17.5. The van der Waals surface area contributed by atoms with Gasteiger partial charge in [-0.3, -0.25) is 10.1 Å². The van der Waals surface area contributed by atoms with Crippen LogP contribution in [0.2, 0.25) is 0 Å². The molecule has 0 radical (unpaired) electrons. The maximum atomic E-state index is 12.6.